The second kappa shape index (κ2) is 10.8. The van der Waals surface area contributed by atoms with Gasteiger partial charge in [0.15, 0.2) is 6.61 Å². The number of esters is 1. The summed E-state index contributed by atoms with van der Waals surface area (Å²) in [5.74, 6) is -1.11. The summed E-state index contributed by atoms with van der Waals surface area (Å²) in [5, 5.41) is 2.40. The maximum Gasteiger partial charge on any atom is 0.344 e. The highest BCUT2D eigenvalue weighted by Gasteiger charge is 2.36. The number of hydrogen-bond acceptors (Lipinski definition) is 7. The van der Waals surface area contributed by atoms with Crippen LogP contribution in [0.4, 0.5) is 10.5 Å². The fourth-order valence-electron chi connectivity index (χ4n) is 2.69. The van der Waals surface area contributed by atoms with Gasteiger partial charge >= 0.3 is 5.97 Å². The molecule has 0 aliphatic carbocycles. The van der Waals surface area contributed by atoms with E-state index in [1.807, 2.05) is 0 Å². The van der Waals surface area contributed by atoms with E-state index in [0.29, 0.717) is 22.0 Å². The van der Waals surface area contributed by atoms with E-state index in [-0.39, 0.29) is 18.1 Å². The third-order valence-electron chi connectivity index (χ3n) is 4.16. The number of anilines is 1. The van der Waals surface area contributed by atoms with E-state index in [4.69, 9.17) is 21.1 Å². The summed E-state index contributed by atoms with van der Waals surface area (Å²) in [7, 11) is 0. The topological polar surface area (TPSA) is 102 Å². The van der Waals surface area contributed by atoms with E-state index < -0.39 is 29.6 Å². The van der Waals surface area contributed by atoms with Crippen LogP contribution in [0.1, 0.15) is 12.5 Å². The summed E-state index contributed by atoms with van der Waals surface area (Å²) >= 11 is 6.76. The number of benzene rings is 2. The van der Waals surface area contributed by atoms with E-state index in [1.165, 1.54) is 0 Å². The minimum absolute atomic E-state index is 0.195. The third kappa shape index (κ3) is 6.12. The average molecular weight is 475 g/mol. The van der Waals surface area contributed by atoms with Gasteiger partial charge in [0.25, 0.3) is 11.1 Å². The molecule has 0 atom stereocenters. The number of rotatable bonds is 8. The fourth-order valence-corrected chi connectivity index (χ4v) is 3.71. The third-order valence-corrected chi connectivity index (χ3v) is 5.40. The Bertz CT molecular complexity index is 1070. The minimum Gasteiger partial charge on any atom is -0.482 e. The van der Waals surface area contributed by atoms with E-state index >= 15 is 0 Å². The first-order valence-electron chi connectivity index (χ1n) is 9.55. The van der Waals surface area contributed by atoms with Gasteiger partial charge in [-0.1, -0.05) is 35.9 Å². The SMILES string of the molecule is CCOC(=O)COc1ccc(/C=C2/SC(=O)N(CC(=O)Nc3ccccc3Cl)C2=O)cc1. The Kier molecular flexibility index (Phi) is 7.91. The van der Waals surface area contributed by atoms with Gasteiger partial charge in [0.05, 0.1) is 22.2 Å². The Balaban J connectivity index is 1.60. The summed E-state index contributed by atoms with van der Waals surface area (Å²) in [5.41, 5.74) is 1.05. The lowest BCUT2D eigenvalue weighted by atomic mass is 10.2. The molecule has 0 unspecified atom stereocenters. The van der Waals surface area contributed by atoms with Crippen LogP contribution in [0.5, 0.6) is 5.75 Å². The fraction of sp³-hybridized carbons (Fsp3) is 0.182. The standard InChI is InChI=1S/C22H19ClN2O6S/c1-2-30-20(27)13-31-15-9-7-14(8-10-15)11-18-21(28)25(22(29)32-18)12-19(26)24-17-6-4-3-5-16(17)23/h3-11H,2,12-13H2,1H3,(H,24,26)/b18-11+. The smallest absolute Gasteiger partial charge is 0.344 e. The Morgan fingerprint density at radius 1 is 1.12 bits per heavy atom. The number of imide groups is 1. The lowest BCUT2D eigenvalue weighted by molar-refractivity contribution is -0.145. The first-order chi connectivity index (χ1) is 15.4. The Morgan fingerprint density at radius 3 is 2.53 bits per heavy atom. The number of nitrogens with one attached hydrogen (secondary N) is 1. The second-order valence-electron chi connectivity index (χ2n) is 6.46. The summed E-state index contributed by atoms with van der Waals surface area (Å²) in [6, 6.07) is 13.3. The first kappa shape index (κ1) is 23.4. The molecule has 3 amide bonds. The maximum absolute atomic E-state index is 12.6. The zero-order chi connectivity index (χ0) is 23.1. The predicted octanol–water partition coefficient (Wildman–Crippen LogP) is 3.96. The molecule has 1 fully saturated rings. The quantitative estimate of drug-likeness (QED) is 0.456. The van der Waals surface area contributed by atoms with Gasteiger partial charge in [-0.25, -0.2) is 4.79 Å². The summed E-state index contributed by atoms with van der Waals surface area (Å²) in [6.45, 7) is 1.35. The molecule has 0 spiro atoms. The van der Waals surface area contributed by atoms with Gasteiger partial charge in [0.1, 0.15) is 12.3 Å². The molecule has 1 N–H and O–H groups in total. The van der Waals surface area contributed by atoms with Gasteiger partial charge in [-0.15, -0.1) is 0 Å². The van der Waals surface area contributed by atoms with Crippen molar-refractivity contribution in [2.75, 3.05) is 25.1 Å². The van der Waals surface area contributed by atoms with Crippen LogP contribution in [0.15, 0.2) is 53.4 Å². The van der Waals surface area contributed by atoms with E-state index in [9.17, 15) is 19.2 Å². The molecule has 8 nitrogen and oxygen atoms in total. The van der Waals surface area contributed by atoms with Crippen LogP contribution in [-0.4, -0.2) is 47.7 Å². The highest BCUT2D eigenvalue weighted by atomic mass is 35.5. The molecule has 2 aromatic carbocycles. The van der Waals surface area contributed by atoms with Crippen LogP contribution < -0.4 is 10.1 Å². The highest BCUT2D eigenvalue weighted by molar-refractivity contribution is 8.18. The van der Waals surface area contributed by atoms with Crippen molar-refractivity contribution in [1.82, 2.24) is 4.90 Å². The number of carbonyl (C=O) groups is 4. The second-order valence-corrected chi connectivity index (χ2v) is 7.86. The molecule has 2 aromatic rings. The molecule has 10 heteroatoms. The van der Waals surface area contributed by atoms with Crippen LogP contribution in [0.25, 0.3) is 6.08 Å². The van der Waals surface area contributed by atoms with Crippen LogP contribution in [0, 0.1) is 0 Å². The van der Waals surface area contributed by atoms with Crippen molar-refractivity contribution in [2.45, 2.75) is 6.92 Å². The van der Waals surface area contributed by atoms with Gasteiger partial charge in [-0.3, -0.25) is 19.3 Å². The maximum atomic E-state index is 12.6. The molecule has 1 heterocycles. The van der Waals surface area contributed by atoms with E-state index in [2.05, 4.69) is 5.32 Å². The number of hydrogen-bond donors (Lipinski definition) is 1. The molecule has 0 radical (unpaired) electrons. The lowest BCUT2D eigenvalue weighted by Crippen LogP contribution is -2.36. The van der Waals surface area contributed by atoms with Gasteiger partial charge in [0.2, 0.25) is 5.91 Å². The first-order valence-corrected chi connectivity index (χ1v) is 10.7. The average Bonchev–Trinajstić information content (AvgIpc) is 3.02. The van der Waals surface area contributed by atoms with Gasteiger partial charge < -0.3 is 14.8 Å². The zero-order valence-electron chi connectivity index (χ0n) is 17.0. The van der Waals surface area contributed by atoms with Crippen molar-refractivity contribution >= 4 is 58.1 Å². The number of amides is 3. The van der Waals surface area contributed by atoms with E-state index in [1.54, 1.807) is 61.5 Å². The number of nitrogens with zero attached hydrogens (tertiary/aromatic N) is 1. The molecule has 3 rings (SSSR count). The number of para-hydroxylation sites is 1. The summed E-state index contributed by atoms with van der Waals surface area (Å²) in [4.78, 5) is 49.5. The van der Waals surface area contributed by atoms with Crippen LogP contribution in [0.2, 0.25) is 5.02 Å². The Hall–Kier alpha value is -3.30. The van der Waals surface area contributed by atoms with Gasteiger partial charge in [0, 0.05) is 0 Å². The monoisotopic (exact) mass is 474 g/mol. The van der Waals surface area contributed by atoms with Crippen LogP contribution in [0.3, 0.4) is 0 Å². The van der Waals surface area contributed by atoms with E-state index in [0.717, 1.165) is 16.7 Å². The molecule has 0 bridgehead atoms. The molecule has 1 aliphatic rings. The van der Waals surface area contributed by atoms with Crippen molar-refractivity contribution in [3.05, 3.63) is 64.0 Å². The normalized spacial score (nSPS) is 14.6. The molecule has 32 heavy (non-hydrogen) atoms. The number of thioether (sulfide) groups is 1. The molecule has 0 aromatic heterocycles. The highest BCUT2D eigenvalue weighted by Crippen LogP contribution is 2.32. The van der Waals surface area contributed by atoms with Gasteiger partial charge in [-0.05, 0) is 54.6 Å². The number of halogens is 1. The van der Waals surface area contributed by atoms with Crippen LogP contribution in [-0.2, 0) is 19.1 Å². The van der Waals surface area contributed by atoms with Crippen molar-refractivity contribution in [3.8, 4) is 5.75 Å². The predicted molar refractivity (Wildman–Crippen MR) is 121 cm³/mol. The molecule has 0 saturated carbocycles. The van der Waals surface area contributed by atoms with Crippen molar-refractivity contribution in [3.63, 3.8) is 0 Å². The minimum atomic E-state index is -0.558. The summed E-state index contributed by atoms with van der Waals surface area (Å²) < 4.78 is 10.1. The van der Waals surface area contributed by atoms with Gasteiger partial charge in [-0.2, -0.15) is 0 Å². The molecular formula is C22H19ClN2O6S. The molecule has 166 valence electrons. The Morgan fingerprint density at radius 2 is 1.84 bits per heavy atom. The number of carbonyl (C=O) groups excluding carboxylic acids is 4. The van der Waals surface area contributed by atoms with Crippen molar-refractivity contribution in [1.29, 1.82) is 0 Å². The zero-order valence-corrected chi connectivity index (χ0v) is 18.6. The number of ether oxygens (including phenoxy) is 2. The molecule has 1 aliphatic heterocycles. The van der Waals surface area contributed by atoms with Crippen molar-refractivity contribution < 1.29 is 28.7 Å². The molecule has 1 saturated heterocycles. The van der Waals surface area contributed by atoms with Crippen molar-refractivity contribution in [2.24, 2.45) is 0 Å². The largest absolute Gasteiger partial charge is 0.482 e. The Labute approximate surface area is 193 Å². The van der Waals surface area contributed by atoms with Crippen LogP contribution >= 0.6 is 23.4 Å². The molecular weight excluding hydrogens is 456 g/mol. The summed E-state index contributed by atoms with van der Waals surface area (Å²) in [6.07, 6.45) is 1.55. The lowest BCUT2D eigenvalue weighted by Gasteiger charge is -2.13.